The molecule has 0 bridgehead atoms. The van der Waals surface area contributed by atoms with Gasteiger partial charge in [-0.1, -0.05) is 6.92 Å². The largest absolute Gasteiger partial charge is 0.376 e. The van der Waals surface area contributed by atoms with E-state index in [-0.39, 0.29) is 5.60 Å². The van der Waals surface area contributed by atoms with Gasteiger partial charge in [0.1, 0.15) is 0 Å². The summed E-state index contributed by atoms with van der Waals surface area (Å²) in [6, 6.07) is 0. The predicted molar refractivity (Wildman–Crippen MR) is 60.5 cm³/mol. The Morgan fingerprint density at radius 2 is 2.21 bits per heavy atom. The maximum Gasteiger partial charge on any atom is 0.0623 e. The van der Waals surface area contributed by atoms with Crippen molar-refractivity contribution in [1.82, 2.24) is 5.32 Å². The van der Waals surface area contributed by atoms with Crippen molar-refractivity contribution < 1.29 is 4.74 Å². The first-order valence-corrected chi connectivity index (χ1v) is 5.99. The molecule has 1 N–H and O–H groups in total. The van der Waals surface area contributed by atoms with Gasteiger partial charge in [-0.25, -0.2) is 0 Å². The van der Waals surface area contributed by atoms with E-state index in [1.54, 1.807) is 0 Å². The second kappa shape index (κ2) is 5.72. The Morgan fingerprint density at radius 3 is 2.79 bits per heavy atom. The lowest BCUT2D eigenvalue weighted by molar-refractivity contribution is -0.0265. The van der Waals surface area contributed by atoms with Crippen LogP contribution < -0.4 is 5.32 Å². The summed E-state index contributed by atoms with van der Waals surface area (Å²) in [6.07, 6.45) is 5.02. The molecule has 1 aliphatic rings. The van der Waals surface area contributed by atoms with Gasteiger partial charge < -0.3 is 10.1 Å². The fraction of sp³-hybridized carbons (Fsp3) is 1.00. The molecule has 1 unspecified atom stereocenters. The van der Waals surface area contributed by atoms with E-state index < -0.39 is 0 Å². The van der Waals surface area contributed by atoms with Crippen LogP contribution in [0.4, 0.5) is 0 Å². The molecule has 0 aromatic carbocycles. The van der Waals surface area contributed by atoms with Gasteiger partial charge >= 0.3 is 0 Å². The lowest BCUT2D eigenvalue weighted by Gasteiger charge is -2.27. The fourth-order valence-electron chi connectivity index (χ4n) is 1.77. The van der Waals surface area contributed by atoms with Gasteiger partial charge in [0.05, 0.1) is 5.60 Å². The summed E-state index contributed by atoms with van der Waals surface area (Å²) < 4.78 is 5.85. The van der Waals surface area contributed by atoms with Gasteiger partial charge in [0, 0.05) is 6.61 Å². The molecule has 2 nitrogen and oxygen atoms in total. The molecule has 2 heteroatoms. The Hall–Kier alpha value is -0.0800. The van der Waals surface area contributed by atoms with Crippen molar-refractivity contribution in [2.24, 2.45) is 5.92 Å². The van der Waals surface area contributed by atoms with Crippen LogP contribution >= 0.6 is 0 Å². The third-order valence-electron chi connectivity index (χ3n) is 3.27. The lowest BCUT2D eigenvalue weighted by atomic mass is 9.96. The summed E-state index contributed by atoms with van der Waals surface area (Å²) in [7, 11) is 0. The van der Waals surface area contributed by atoms with Crippen molar-refractivity contribution in [3.8, 4) is 0 Å². The highest BCUT2D eigenvalue weighted by molar-refractivity contribution is 4.70. The van der Waals surface area contributed by atoms with Crippen LogP contribution in [0.15, 0.2) is 0 Å². The smallest absolute Gasteiger partial charge is 0.0623 e. The molecular weight excluding hydrogens is 174 g/mol. The van der Waals surface area contributed by atoms with Gasteiger partial charge in [-0.05, 0) is 58.5 Å². The molecule has 0 amide bonds. The Balaban J connectivity index is 2.08. The molecule has 0 aromatic rings. The minimum atomic E-state index is 0.0715. The molecule has 0 radical (unpaired) electrons. The van der Waals surface area contributed by atoms with Gasteiger partial charge in [-0.3, -0.25) is 0 Å². The second-order valence-electron chi connectivity index (χ2n) is 4.96. The third kappa shape index (κ3) is 4.43. The van der Waals surface area contributed by atoms with Crippen LogP contribution in [0.25, 0.3) is 0 Å². The first kappa shape index (κ1) is 12.0. The first-order valence-electron chi connectivity index (χ1n) is 5.99. The summed E-state index contributed by atoms with van der Waals surface area (Å²) in [5, 5.41) is 3.44. The zero-order chi connectivity index (χ0) is 10.4. The molecule has 1 rings (SSSR count). The summed E-state index contributed by atoms with van der Waals surface area (Å²) in [5.74, 6) is 0.844. The average Bonchev–Trinajstić information content (AvgIpc) is 2.19. The highest BCUT2D eigenvalue weighted by atomic mass is 16.5. The van der Waals surface area contributed by atoms with E-state index in [0.717, 1.165) is 18.9 Å². The van der Waals surface area contributed by atoms with E-state index in [1.807, 2.05) is 0 Å². The van der Waals surface area contributed by atoms with Gasteiger partial charge in [-0.2, -0.15) is 0 Å². The normalized spacial score (nSPS) is 23.8. The molecule has 1 heterocycles. The maximum absolute atomic E-state index is 5.85. The lowest BCUT2D eigenvalue weighted by Crippen LogP contribution is -2.31. The van der Waals surface area contributed by atoms with Crippen LogP contribution in [-0.4, -0.2) is 25.3 Å². The topological polar surface area (TPSA) is 21.3 Å². The molecule has 84 valence electrons. The summed E-state index contributed by atoms with van der Waals surface area (Å²) >= 11 is 0. The van der Waals surface area contributed by atoms with Gasteiger partial charge in [0.25, 0.3) is 0 Å². The molecule has 14 heavy (non-hydrogen) atoms. The van der Waals surface area contributed by atoms with Crippen LogP contribution in [0.2, 0.25) is 0 Å². The summed E-state index contributed by atoms with van der Waals surface area (Å²) in [5.41, 5.74) is 0.0715. The van der Waals surface area contributed by atoms with Crippen molar-refractivity contribution in [3.05, 3.63) is 0 Å². The van der Waals surface area contributed by atoms with E-state index in [4.69, 9.17) is 4.74 Å². The van der Waals surface area contributed by atoms with Crippen LogP contribution in [0, 0.1) is 5.92 Å². The highest BCUT2D eigenvalue weighted by Crippen LogP contribution is 2.18. The molecular formula is C12H25NO. The molecule has 1 fully saturated rings. The number of nitrogens with one attached hydrogen (secondary N) is 1. The van der Waals surface area contributed by atoms with Crippen LogP contribution in [0.1, 0.15) is 46.5 Å². The van der Waals surface area contributed by atoms with Crippen molar-refractivity contribution >= 4 is 0 Å². The second-order valence-corrected chi connectivity index (χ2v) is 4.96. The highest BCUT2D eigenvalue weighted by Gasteiger charge is 2.17. The standard InChI is InChI=1S/C12H25NO/c1-4-12(2,3)14-9-7-11-6-5-8-13-10-11/h11,13H,4-10H2,1-3H3. The SMILES string of the molecule is CCC(C)(C)OCCC1CCCNC1. The first-order chi connectivity index (χ1) is 6.64. The zero-order valence-electron chi connectivity index (χ0n) is 9.94. The average molecular weight is 199 g/mol. The van der Waals surface area contributed by atoms with E-state index in [0.29, 0.717) is 0 Å². The molecule has 1 atom stereocenters. The summed E-state index contributed by atoms with van der Waals surface area (Å²) in [6.45, 7) is 9.85. The molecule has 0 saturated carbocycles. The molecule has 0 spiro atoms. The minimum Gasteiger partial charge on any atom is -0.376 e. The molecule has 1 aliphatic heterocycles. The molecule has 1 saturated heterocycles. The molecule has 0 aliphatic carbocycles. The van der Waals surface area contributed by atoms with E-state index in [1.165, 1.54) is 32.4 Å². The predicted octanol–water partition coefficient (Wildman–Crippen LogP) is 2.58. The quantitative estimate of drug-likeness (QED) is 0.735. The third-order valence-corrected chi connectivity index (χ3v) is 3.27. The zero-order valence-corrected chi connectivity index (χ0v) is 9.94. The Bertz CT molecular complexity index is 150. The number of piperidine rings is 1. The maximum atomic E-state index is 5.85. The fourth-order valence-corrected chi connectivity index (χ4v) is 1.77. The van der Waals surface area contributed by atoms with Crippen molar-refractivity contribution in [3.63, 3.8) is 0 Å². The van der Waals surface area contributed by atoms with Crippen molar-refractivity contribution in [2.75, 3.05) is 19.7 Å². The Morgan fingerprint density at radius 1 is 1.43 bits per heavy atom. The van der Waals surface area contributed by atoms with Crippen molar-refractivity contribution in [2.45, 2.75) is 52.1 Å². The monoisotopic (exact) mass is 199 g/mol. The Labute approximate surface area is 88.4 Å². The Kier molecular flexibility index (Phi) is 4.90. The van der Waals surface area contributed by atoms with E-state index >= 15 is 0 Å². The number of hydrogen-bond donors (Lipinski definition) is 1. The number of hydrogen-bond acceptors (Lipinski definition) is 2. The number of ether oxygens (including phenoxy) is 1. The van der Waals surface area contributed by atoms with E-state index in [2.05, 4.69) is 26.1 Å². The van der Waals surface area contributed by atoms with Gasteiger partial charge in [-0.15, -0.1) is 0 Å². The minimum absolute atomic E-state index is 0.0715. The van der Waals surface area contributed by atoms with Crippen LogP contribution in [-0.2, 0) is 4.74 Å². The van der Waals surface area contributed by atoms with Gasteiger partial charge in [0.15, 0.2) is 0 Å². The number of rotatable bonds is 5. The van der Waals surface area contributed by atoms with Crippen LogP contribution in [0.3, 0.4) is 0 Å². The van der Waals surface area contributed by atoms with Gasteiger partial charge in [0.2, 0.25) is 0 Å². The van der Waals surface area contributed by atoms with Crippen LogP contribution in [0.5, 0.6) is 0 Å². The van der Waals surface area contributed by atoms with E-state index in [9.17, 15) is 0 Å². The van der Waals surface area contributed by atoms with Crippen molar-refractivity contribution in [1.29, 1.82) is 0 Å². The molecule has 0 aromatic heterocycles. The summed E-state index contributed by atoms with van der Waals surface area (Å²) in [4.78, 5) is 0.